The van der Waals surface area contributed by atoms with E-state index in [1.165, 1.54) is 18.2 Å². The van der Waals surface area contributed by atoms with Gasteiger partial charge in [-0.3, -0.25) is 4.79 Å². The smallest absolute Gasteiger partial charge is 0.340 e. The van der Waals surface area contributed by atoms with E-state index in [0.29, 0.717) is 24.3 Å². The Kier molecular flexibility index (Phi) is 10.4. The molecule has 9 heteroatoms. The van der Waals surface area contributed by atoms with E-state index >= 15 is 0 Å². The molecule has 0 aliphatic carbocycles. The van der Waals surface area contributed by atoms with Gasteiger partial charge in [-0.25, -0.2) is 9.18 Å². The number of halogens is 1. The second kappa shape index (κ2) is 13.0. The van der Waals surface area contributed by atoms with Crippen molar-refractivity contribution in [3.05, 3.63) is 53.5 Å². The third-order valence-electron chi connectivity index (χ3n) is 5.10. The van der Waals surface area contributed by atoms with E-state index in [2.05, 4.69) is 0 Å². The van der Waals surface area contributed by atoms with E-state index < -0.39 is 36.4 Å². The van der Waals surface area contributed by atoms with Crippen LogP contribution in [0.5, 0.6) is 0 Å². The van der Waals surface area contributed by atoms with Crippen LogP contribution in [0.3, 0.4) is 0 Å². The van der Waals surface area contributed by atoms with Gasteiger partial charge in [0.15, 0.2) is 0 Å². The van der Waals surface area contributed by atoms with Crippen molar-refractivity contribution in [1.29, 1.82) is 0 Å². The second-order valence-corrected chi connectivity index (χ2v) is 8.24. The molecule has 0 spiro atoms. The number of hydrogen-bond acceptors (Lipinski definition) is 6. The lowest BCUT2D eigenvalue weighted by Gasteiger charge is -2.15. The van der Waals surface area contributed by atoms with Crippen molar-refractivity contribution < 1.29 is 38.8 Å². The summed E-state index contributed by atoms with van der Waals surface area (Å²) in [5, 5.41) is 28.9. The molecule has 0 amide bonds. The van der Waals surface area contributed by atoms with Crippen LogP contribution in [0, 0.1) is 5.82 Å². The van der Waals surface area contributed by atoms with Crippen molar-refractivity contribution in [2.45, 2.75) is 51.2 Å². The lowest BCUT2D eigenvalue weighted by Crippen LogP contribution is -2.19. The number of methoxy groups -OCH3 is 1. The molecule has 1 aromatic heterocycles. The topological polar surface area (TPSA) is 118 Å². The fourth-order valence-corrected chi connectivity index (χ4v) is 3.48. The Hall–Kier alpha value is -3.01. The van der Waals surface area contributed by atoms with E-state index in [0.717, 1.165) is 5.69 Å². The van der Waals surface area contributed by atoms with Gasteiger partial charge in [0.1, 0.15) is 5.82 Å². The number of carboxylic acid groups (broad SMARTS) is 1. The number of carbonyl (C=O) groups excluding carboxylic acids is 1. The number of carboxylic acids is 1. The summed E-state index contributed by atoms with van der Waals surface area (Å²) in [6, 6.07) is 7.38. The van der Waals surface area contributed by atoms with Crippen molar-refractivity contribution in [2.24, 2.45) is 0 Å². The van der Waals surface area contributed by atoms with Gasteiger partial charge in [-0.05, 0) is 47.9 Å². The molecule has 3 N–H and O–H groups in total. The first-order chi connectivity index (χ1) is 16.1. The minimum absolute atomic E-state index is 0.0198. The number of benzene rings is 1. The van der Waals surface area contributed by atoms with Gasteiger partial charge in [-0.15, -0.1) is 0 Å². The summed E-state index contributed by atoms with van der Waals surface area (Å²) in [6.07, 6.45) is 0.539. The van der Waals surface area contributed by atoms with Crippen molar-refractivity contribution >= 4 is 18.1 Å². The van der Waals surface area contributed by atoms with Crippen LogP contribution < -0.4 is 0 Å². The zero-order chi connectivity index (χ0) is 25.3. The molecular formula is C25H32FNO7. The fraction of sp³-hybridized carbons (Fsp3) is 0.440. The third-order valence-corrected chi connectivity index (χ3v) is 5.10. The van der Waals surface area contributed by atoms with Crippen LogP contribution >= 0.6 is 0 Å². The van der Waals surface area contributed by atoms with Crippen LogP contribution in [-0.4, -0.2) is 64.4 Å². The number of aliphatic carboxylic acids is 1. The molecule has 2 atom stereocenters. The highest BCUT2D eigenvalue weighted by atomic mass is 19.1. The van der Waals surface area contributed by atoms with Gasteiger partial charge in [0.2, 0.25) is 0 Å². The maximum Gasteiger partial charge on any atom is 0.340 e. The molecule has 0 saturated carbocycles. The average molecular weight is 478 g/mol. The van der Waals surface area contributed by atoms with Crippen LogP contribution in [0.15, 0.2) is 36.4 Å². The Morgan fingerprint density at radius 3 is 2.41 bits per heavy atom. The number of aliphatic hydroxyl groups is 2. The first kappa shape index (κ1) is 27.2. The molecule has 0 bridgehead atoms. The van der Waals surface area contributed by atoms with E-state index in [1.807, 2.05) is 13.8 Å². The van der Waals surface area contributed by atoms with E-state index in [1.54, 1.807) is 36.1 Å². The zero-order valence-electron chi connectivity index (χ0n) is 19.6. The molecule has 34 heavy (non-hydrogen) atoms. The van der Waals surface area contributed by atoms with Crippen molar-refractivity contribution in [1.82, 2.24) is 4.57 Å². The molecule has 0 fully saturated rings. The number of aromatic nitrogens is 1. The molecule has 0 aliphatic rings. The SMILES string of the molecule is COCCCOC(=O)c1cc(C(C)C)n(/C=C/[C@@H](O)C[C@@H](O)CC(=O)O)c1-c1ccc(F)cc1. The van der Waals surface area contributed by atoms with Gasteiger partial charge in [0.25, 0.3) is 0 Å². The summed E-state index contributed by atoms with van der Waals surface area (Å²) >= 11 is 0. The quantitative estimate of drug-likeness (QED) is 0.298. The molecular weight excluding hydrogens is 445 g/mol. The summed E-state index contributed by atoms with van der Waals surface area (Å²) in [5.41, 5.74) is 2.08. The number of rotatable bonds is 13. The highest BCUT2D eigenvalue weighted by Crippen LogP contribution is 2.32. The van der Waals surface area contributed by atoms with Gasteiger partial charge in [0.05, 0.1) is 36.5 Å². The third kappa shape index (κ3) is 7.79. The predicted molar refractivity (Wildman–Crippen MR) is 125 cm³/mol. The van der Waals surface area contributed by atoms with Crippen molar-refractivity contribution in [2.75, 3.05) is 20.3 Å². The summed E-state index contributed by atoms with van der Waals surface area (Å²) in [7, 11) is 1.56. The molecule has 186 valence electrons. The molecule has 0 aliphatic heterocycles. The van der Waals surface area contributed by atoms with E-state index in [-0.39, 0.29) is 24.5 Å². The zero-order valence-corrected chi connectivity index (χ0v) is 19.6. The number of carbonyl (C=O) groups is 2. The second-order valence-electron chi connectivity index (χ2n) is 8.24. The molecule has 1 heterocycles. The van der Waals surface area contributed by atoms with E-state index in [4.69, 9.17) is 14.6 Å². The predicted octanol–water partition coefficient (Wildman–Crippen LogP) is 3.67. The molecule has 0 unspecified atom stereocenters. The van der Waals surface area contributed by atoms with Crippen LogP contribution in [0.4, 0.5) is 4.39 Å². The van der Waals surface area contributed by atoms with Gasteiger partial charge < -0.3 is 29.4 Å². The Balaban J connectivity index is 2.46. The number of nitrogens with zero attached hydrogens (tertiary/aromatic N) is 1. The average Bonchev–Trinajstić information content (AvgIpc) is 3.15. The summed E-state index contributed by atoms with van der Waals surface area (Å²) in [4.78, 5) is 23.7. The molecule has 2 aromatic rings. The Morgan fingerprint density at radius 2 is 1.82 bits per heavy atom. The summed E-state index contributed by atoms with van der Waals surface area (Å²) in [6.45, 7) is 4.50. The summed E-state index contributed by atoms with van der Waals surface area (Å²) < 4.78 is 25.7. The van der Waals surface area contributed by atoms with Crippen LogP contribution in [0.25, 0.3) is 17.5 Å². The normalized spacial score (nSPS) is 13.4. The largest absolute Gasteiger partial charge is 0.481 e. The Labute approximate surface area is 198 Å². The molecule has 0 saturated heterocycles. The lowest BCUT2D eigenvalue weighted by atomic mass is 10.1. The fourth-order valence-electron chi connectivity index (χ4n) is 3.48. The van der Waals surface area contributed by atoms with Crippen molar-refractivity contribution in [3.8, 4) is 11.3 Å². The Morgan fingerprint density at radius 1 is 1.15 bits per heavy atom. The van der Waals surface area contributed by atoms with Crippen LogP contribution in [0.1, 0.15) is 55.1 Å². The van der Waals surface area contributed by atoms with Crippen molar-refractivity contribution in [3.63, 3.8) is 0 Å². The summed E-state index contributed by atoms with van der Waals surface area (Å²) in [5.74, 6) is -2.15. The first-order valence-electron chi connectivity index (χ1n) is 11.1. The van der Waals surface area contributed by atoms with E-state index in [9.17, 15) is 24.2 Å². The lowest BCUT2D eigenvalue weighted by molar-refractivity contribution is -0.139. The monoisotopic (exact) mass is 477 g/mol. The van der Waals surface area contributed by atoms with Crippen LogP contribution in [0.2, 0.25) is 0 Å². The van der Waals surface area contributed by atoms with Gasteiger partial charge in [0, 0.05) is 38.5 Å². The molecule has 8 nitrogen and oxygen atoms in total. The minimum atomic E-state index is -1.21. The first-order valence-corrected chi connectivity index (χ1v) is 11.1. The highest BCUT2D eigenvalue weighted by Gasteiger charge is 2.24. The Bertz CT molecular complexity index is 982. The van der Waals surface area contributed by atoms with Gasteiger partial charge in [-0.1, -0.05) is 13.8 Å². The molecule has 2 rings (SSSR count). The maximum absolute atomic E-state index is 13.6. The van der Waals surface area contributed by atoms with Gasteiger partial charge >= 0.3 is 11.9 Å². The molecule has 1 aromatic carbocycles. The molecule has 0 radical (unpaired) electrons. The number of esters is 1. The van der Waals surface area contributed by atoms with Crippen LogP contribution in [-0.2, 0) is 14.3 Å². The minimum Gasteiger partial charge on any atom is -0.481 e. The van der Waals surface area contributed by atoms with Gasteiger partial charge in [-0.2, -0.15) is 0 Å². The number of aliphatic hydroxyl groups excluding tert-OH is 2. The highest BCUT2D eigenvalue weighted by molar-refractivity contribution is 5.97. The number of ether oxygens (including phenoxy) is 2. The standard InChI is InChI=1S/C25H32FNO7/c1-16(2)22-15-21(25(32)34-12-4-11-33-3)24(17-5-7-18(26)8-6-17)27(22)10-9-19(28)13-20(29)14-23(30)31/h5-10,15-16,19-20,28-29H,4,11-14H2,1-3H3,(H,30,31)/b10-9+/t19-,20-/m1/s1. The number of hydrogen-bond donors (Lipinski definition) is 3. The maximum atomic E-state index is 13.6.